The van der Waals surface area contributed by atoms with Crippen LogP contribution < -0.4 is 0 Å². The zero-order valence-electron chi connectivity index (χ0n) is 31.6. The molecule has 3 saturated heterocycles. The van der Waals surface area contributed by atoms with Crippen LogP contribution in [0.15, 0.2) is 0 Å². The van der Waals surface area contributed by atoms with E-state index in [1.54, 1.807) is 0 Å². The van der Waals surface area contributed by atoms with Gasteiger partial charge in [-0.25, -0.2) is 0 Å². The summed E-state index contributed by atoms with van der Waals surface area (Å²) >= 11 is 0. The van der Waals surface area contributed by atoms with E-state index in [1.807, 2.05) is 20.8 Å². The van der Waals surface area contributed by atoms with Gasteiger partial charge in [-0.2, -0.15) is 0 Å². The quantitative estimate of drug-likeness (QED) is 0.350. The minimum absolute atomic E-state index is 0.0198. The molecule has 8 heteroatoms. The maximum absolute atomic E-state index is 12.6. The van der Waals surface area contributed by atoms with E-state index in [0.717, 1.165) is 45.8 Å². The summed E-state index contributed by atoms with van der Waals surface area (Å²) in [5.41, 5.74) is -0.346. The van der Waals surface area contributed by atoms with Crippen LogP contribution in [0.25, 0.3) is 0 Å². The van der Waals surface area contributed by atoms with Crippen molar-refractivity contribution in [3.05, 3.63) is 0 Å². The molecule has 5 aliphatic carbocycles. The number of rotatable bonds is 7. The van der Waals surface area contributed by atoms with Crippen molar-refractivity contribution in [2.24, 2.45) is 50.7 Å². The van der Waals surface area contributed by atoms with Crippen LogP contribution in [-0.2, 0) is 23.7 Å². The van der Waals surface area contributed by atoms with Gasteiger partial charge in [0, 0.05) is 18.6 Å². The molecule has 2 N–H and O–H groups in total. The fourth-order valence-corrected chi connectivity index (χ4v) is 14.7. The first-order valence-corrected chi connectivity index (χ1v) is 19.8. The molecule has 0 aromatic rings. The standard InChI is InChI=1S/C40H67NO7/c1-10-45-33(35(5,6)43)25-19-24(2)30-31(47-25)32(42)38(9)27-12-11-26-34(3,4)28(13-14-39(26)21-40(27,39)16-15-37(30,38)8)48-29-20-41(17-18-46-29)36(7)22-44-23-36/h24-33,42-43H,10-23H2,1-9H3/t24-,25-,26+,27+,28+,29+,30+,31+,32+,33+,37-,38-,39-,40+/m1/s1. The molecule has 5 saturated carbocycles. The molecule has 8 nitrogen and oxygen atoms in total. The van der Waals surface area contributed by atoms with E-state index in [1.165, 1.54) is 38.5 Å². The molecule has 8 aliphatic rings. The number of nitrogens with zero attached hydrogens (tertiary/aromatic N) is 1. The van der Waals surface area contributed by atoms with Crippen LogP contribution in [0.2, 0.25) is 0 Å². The third-order valence-corrected chi connectivity index (χ3v) is 17.1. The van der Waals surface area contributed by atoms with Crippen molar-refractivity contribution < 1.29 is 33.9 Å². The fraction of sp³-hybridized carbons (Fsp3) is 1.00. The number of hydrogen-bond donors (Lipinski definition) is 2. The lowest BCUT2D eigenvalue weighted by Crippen LogP contribution is -2.64. The molecular weight excluding hydrogens is 606 g/mol. The first-order chi connectivity index (χ1) is 22.5. The third kappa shape index (κ3) is 4.48. The van der Waals surface area contributed by atoms with Crippen LogP contribution in [0.3, 0.4) is 0 Å². The summed E-state index contributed by atoms with van der Waals surface area (Å²) in [6.07, 6.45) is 8.01. The van der Waals surface area contributed by atoms with E-state index >= 15 is 0 Å². The Morgan fingerprint density at radius 2 is 1.69 bits per heavy atom. The van der Waals surface area contributed by atoms with Crippen molar-refractivity contribution in [1.82, 2.24) is 4.90 Å². The summed E-state index contributed by atoms with van der Waals surface area (Å²) in [6, 6.07) is 0. The Kier molecular flexibility index (Phi) is 8.04. The summed E-state index contributed by atoms with van der Waals surface area (Å²) in [5.74, 6) is 1.83. The van der Waals surface area contributed by atoms with E-state index in [9.17, 15) is 10.2 Å². The Hall–Kier alpha value is -0.320. The lowest BCUT2D eigenvalue weighted by molar-refractivity contribution is -0.265. The van der Waals surface area contributed by atoms with E-state index in [-0.39, 0.29) is 46.4 Å². The number of hydrogen-bond acceptors (Lipinski definition) is 8. The Morgan fingerprint density at radius 1 is 0.979 bits per heavy atom. The largest absolute Gasteiger partial charge is 0.390 e. The minimum atomic E-state index is -1.01. The van der Waals surface area contributed by atoms with Crippen molar-refractivity contribution in [3.63, 3.8) is 0 Å². The second kappa shape index (κ2) is 11.1. The number of aliphatic hydroxyl groups is 2. The molecule has 0 aromatic carbocycles. The van der Waals surface area contributed by atoms with Gasteiger partial charge >= 0.3 is 0 Å². The zero-order chi connectivity index (χ0) is 34.3. The molecule has 8 rings (SSSR count). The van der Waals surface area contributed by atoms with Crippen LogP contribution in [-0.4, -0.2) is 103 Å². The van der Waals surface area contributed by atoms with Crippen molar-refractivity contribution in [1.29, 1.82) is 0 Å². The first-order valence-electron chi connectivity index (χ1n) is 19.8. The smallest absolute Gasteiger partial charge is 0.170 e. The van der Waals surface area contributed by atoms with Gasteiger partial charge in [0.1, 0.15) is 6.10 Å². The van der Waals surface area contributed by atoms with E-state index in [2.05, 4.69) is 46.4 Å². The number of aliphatic hydroxyl groups excluding tert-OH is 1. The van der Waals surface area contributed by atoms with E-state index < -0.39 is 17.8 Å². The van der Waals surface area contributed by atoms with Crippen LogP contribution in [0.1, 0.15) is 114 Å². The van der Waals surface area contributed by atoms with Gasteiger partial charge in [0.2, 0.25) is 0 Å². The molecule has 0 unspecified atom stereocenters. The number of morpholine rings is 1. The molecule has 0 aromatic heterocycles. The normalized spacial score (nSPS) is 52.9. The lowest BCUT2D eigenvalue weighted by atomic mass is 9.41. The predicted molar refractivity (Wildman–Crippen MR) is 183 cm³/mol. The highest BCUT2D eigenvalue weighted by Crippen LogP contribution is 2.89. The van der Waals surface area contributed by atoms with Gasteiger partial charge in [0.15, 0.2) is 6.29 Å². The van der Waals surface area contributed by atoms with Crippen LogP contribution in [0.5, 0.6) is 0 Å². The maximum Gasteiger partial charge on any atom is 0.170 e. The summed E-state index contributed by atoms with van der Waals surface area (Å²) in [5, 5.41) is 23.7. The lowest BCUT2D eigenvalue weighted by Gasteiger charge is -2.64. The molecule has 3 aliphatic heterocycles. The van der Waals surface area contributed by atoms with Gasteiger partial charge in [-0.3, -0.25) is 4.90 Å². The second-order valence-electron chi connectivity index (χ2n) is 19.9. The van der Waals surface area contributed by atoms with Gasteiger partial charge in [-0.15, -0.1) is 0 Å². The number of ether oxygens (including phenoxy) is 5. The molecule has 274 valence electrons. The number of fused-ring (bicyclic) bond motifs is 4. The first kappa shape index (κ1) is 34.7. The Morgan fingerprint density at radius 3 is 2.35 bits per heavy atom. The van der Waals surface area contributed by atoms with Gasteiger partial charge in [-0.1, -0.05) is 34.6 Å². The van der Waals surface area contributed by atoms with Gasteiger partial charge in [-0.05, 0) is 124 Å². The minimum Gasteiger partial charge on any atom is -0.390 e. The third-order valence-electron chi connectivity index (χ3n) is 17.1. The highest BCUT2D eigenvalue weighted by molar-refractivity contribution is 5.33. The van der Waals surface area contributed by atoms with Crippen LogP contribution in [0.4, 0.5) is 0 Å². The average molecular weight is 674 g/mol. The summed E-state index contributed by atoms with van der Waals surface area (Å²) in [6.45, 7) is 25.0. The average Bonchev–Trinajstić information content (AvgIpc) is 3.64. The zero-order valence-corrected chi connectivity index (χ0v) is 31.6. The van der Waals surface area contributed by atoms with Crippen molar-refractivity contribution in [2.75, 3.05) is 39.5 Å². The molecule has 0 bridgehead atoms. The molecule has 2 spiro atoms. The summed E-state index contributed by atoms with van der Waals surface area (Å²) in [4.78, 5) is 2.53. The molecule has 8 fully saturated rings. The Balaban J connectivity index is 1.02. The molecule has 48 heavy (non-hydrogen) atoms. The molecular formula is C40H67NO7. The van der Waals surface area contributed by atoms with Crippen LogP contribution in [0, 0.1) is 50.7 Å². The summed E-state index contributed by atoms with van der Waals surface area (Å²) in [7, 11) is 0. The van der Waals surface area contributed by atoms with Gasteiger partial charge in [0.05, 0.1) is 61.9 Å². The predicted octanol–water partition coefficient (Wildman–Crippen LogP) is 5.81. The monoisotopic (exact) mass is 673 g/mol. The molecule has 0 radical (unpaired) electrons. The molecule has 0 amide bonds. The molecule has 14 atom stereocenters. The van der Waals surface area contributed by atoms with E-state index in [4.69, 9.17) is 23.7 Å². The molecule has 3 heterocycles. The van der Waals surface area contributed by atoms with Crippen molar-refractivity contribution in [2.45, 2.75) is 162 Å². The SMILES string of the molecule is CCO[C@@H]([C@H]1C[C@@H](C)[C@H]2[C@H](O1)[C@H](O)[C@@]1(C)[C@@H]3CC[C@H]4C(C)(C)[C@@H](O[C@H]5CN(C6(C)COC6)CCO5)CC[C@@]45C[C@@]35CC[C@]21C)C(C)(C)O. The Labute approximate surface area is 290 Å². The fourth-order valence-electron chi connectivity index (χ4n) is 14.7. The highest BCUT2D eigenvalue weighted by atomic mass is 16.7. The second-order valence-corrected chi connectivity index (χ2v) is 19.9. The Bertz CT molecular complexity index is 1250. The van der Waals surface area contributed by atoms with Crippen LogP contribution >= 0.6 is 0 Å². The maximum atomic E-state index is 12.6. The van der Waals surface area contributed by atoms with E-state index in [0.29, 0.717) is 41.1 Å². The topological polar surface area (TPSA) is 89.9 Å². The van der Waals surface area contributed by atoms with Crippen molar-refractivity contribution in [3.8, 4) is 0 Å². The highest BCUT2D eigenvalue weighted by Gasteiger charge is 2.84. The van der Waals surface area contributed by atoms with Gasteiger partial charge < -0.3 is 33.9 Å². The van der Waals surface area contributed by atoms with Gasteiger partial charge in [0.25, 0.3) is 0 Å². The summed E-state index contributed by atoms with van der Waals surface area (Å²) < 4.78 is 31.9. The van der Waals surface area contributed by atoms with Crippen molar-refractivity contribution >= 4 is 0 Å².